The summed E-state index contributed by atoms with van der Waals surface area (Å²) in [6, 6.07) is 0. The molecule has 11 heavy (non-hydrogen) atoms. The van der Waals surface area contributed by atoms with Crippen molar-refractivity contribution in [1.29, 1.82) is 0 Å². The molecule has 0 aromatic carbocycles. The molecule has 0 aliphatic rings. The van der Waals surface area contributed by atoms with Crippen LogP contribution in [0.2, 0.25) is 0 Å². The molecule has 0 saturated heterocycles. The van der Waals surface area contributed by atoms with E-state index in [0.717, 1.165) is 12.8 Å². The molecule has 2 heteroatoms. The van der Waals surface area contributed by atoms with Gasteiger partial charge in [-0.1, -0.05) is 27.7 Å². The fourth-order valence-corrected chi connectivity index (χ4v) is 1.33. The third-order valence-corrected chi connectivity index (χ3v) is 1.53. The predicted molar refractivity (Wildman–Crippen MR) is 43.9 cm³/mol. The molecule has 0 aromatic heterocycles. The Morgan fingerprint density at radius 2 is 2.00 bits per heavy atom. The lowest BCUT2D eigenvalue weighted by Crippen LogP contribution is -2.12. The van der Waals surface area contributed by atoms with Crippen molar-refractivity contribution in [3.05, 3.63) is 0 Å². The molecule has 0 amide bonds. The van der Waals surface area contributed by atoms with Gasteiger partial charge >= 0.3 is 6.29 Å². The van der Waals surface area contributed by atoms with Crippen LogP contribution >= 0.6 is 0 Å². The molecule has 1 unspecified atom stereocenters. The number of hydrogen-bond acceptors (Lipinski definition) is 1. The summed E-state index contributed by atoms with van der Waals surface area (Å²) in [7, 11) is 0. The van der Waals surface area contributed by atoms with Gasteiger partial charge in [0.25, 0.3) is 0 Å². The summed E-state index contributed by atoms with van der Waals surface area (Å²) in [5.74, 6) is 0.531. The van der Waals surface area contributed by atoms with Crippen LogP contribution in [0.3, 0.4) is 0 Å². The maximum atomic E-state index is 9.64. The summed E-state index contributed by atoms with van der Waals surface area (Å²) >= 11 is 0. The van der Waals surface area contributed by atoms with Gasteiger partial charge in [0.05, 0.1) is 6.42 Å². The predicted octanol–water partition coefficient (Wildman–Crippen LogP) is 1.46. The summed E-state index contributed by atoms with van der Waals surface area (Å²) in [5, 5.41) is 9.64. The SMILES string of the molecule is CC(CC=[O+][O-])CC(C)(C)C. The monoisotopic (exact) mass is 158 g/mol. The molecule has 1 atom stereocenters. The molecule has 0 aliphatic carbocycles. The molecule has 66 valence electrons. The minimum absolute atomic E-state index is 0.343. The van der Waals surface area contributed by atoms with Crippen LogP contribution < -0.4 is 5.26 Å². The molecular formula is C9H18O2. The largest absolute Gasteiger partial charge is 0.463 e. The van der Waals surface area contributed by atoms with Gasteiger partial charge in [0, 0.05) is 0 Å². The van der Waals surface area contributed by atoms with Crippen molar-refractivity contribution >= 4 is 6.29 Å². The molecule has 2 nitrogen and oxygen atoms in total. The highest BCUT2D eigenvalue weighted by Crippen LogP contribution is 2.25. The van der Waals surface area contributed by atoms with E-state index in [1.807, 2.05) is 0 Å². The van der Waals surface area contributed by atoms with Crippen molar-refractivity contribution in [3.63, 3.8) is 0 Å². The van der Waals surface area contributed by atoms with Crippen LogP contribution in [0, 0.1) is 11.3 Å². The quantitative estimate of drug-likeness (QED) is 0.265. The van der Waals surface area contributed by atoms with Crippen LogP contribution in [0.5, 0.6) is 0 Å². The maximum Gasteiger partial charge on any atom is 0.318 e. The average molecular weight is 158 g/mol. The van der Waals surface area contributed by atoms with Crippen molar-refractivity contribution in [1.82, 2.24) is 0 Å². The smallest absolute Gasteiger partial charge is 0.318 e. The van der Waals surface area contributed by atoms with Crippen LogP contribution in [0.1, 0.15) is 40.5 Å². The summed E-state index contributed by atoms with van der Waals surface area (Å²) in [5.41, 5.74) is 0.343. The molecule has 0 aromatic rings. The first-order chi connectivity index (χ1) is 4.95. The van der Waals surface area contributed by atoms with E-state index in [9.17, 15) is 5.26 Å². The zero-order chi connectivity index (χ0) is 8.91. The Bertz CT molecular complexity index is 122. The standard InChI is InChI=1S/C9H18O2/c1-8(5-6-11-10)7-9(2,3)4/h6,8H,5,7H2,1-4H3. The van der Waals surface area contributed by atoms with Crippen molar-refractivity contribution in [2.75, 3.05) is 0 Å². The minimum Gasteiger partial charge on any atom is -0.463 e. The summed E-state index contributed by atoms with van der Waals surface area (Å²) in [4.78, 5) is 0. The van der Waals surface area contributed by atoms with Crippen LogP contribution in [0.25, 0.3) is 0 Å². The highest BCUT2D eigenvalue weighted by molar-refractivity contribution is 5.49. The van der Waals surface area contributed by atoms with Crippen LogP contribution in [0.15, 0.2) is 0 Å². The first-order valence-corrected chi connectivity index (χ1v) is 4.06. The second-order valence-electron chi connectivity index (χ2n) is 4.37. The van der Waals surface area contributed by atoms with E-state index in [4.69, 9.17) is 0 Å². The molecule has 0 heterocycles. The van der Waals surface area contributed by atoms with Crippen LogP contribution in [0.4, 0.5) is 0 Å². The third kappa shape index (κ3) is 7.37. The van der Waals surface area contributed by atoms with Gasteiger partial charge < -0.3 is 5.26 Å². The van der Waals surface area contributed by atoms with Gasteiger partial charge in [0.2, 0.25) is 0 Å². The normalized spacial score (nSPS) is 15.6. The van der Waals surface area contributed by atoms with Crippen molar-refractivity contribution < 1.29 is 9.83 Å². The van der Waals surface area contributed by atoms with E-state index in [-0.39, 0.29) is 0 Å². The van der Waals surface area contributed by atoms with E-state index >= 15 is 0 Å². The lowest BCUT2D eigenvalue weighted by molar-refractivity contribution is -1.04. The van der Waals surface area contributed by atoms with Crippen molar-refractivity contribution in [3.8, 4) is 0 Å². The Kier molecular flexibility index (Phi) is 4.16. The third-order valence-electron chi connectivity index (χ3n) is 1.53. The number of carbonyl (C=O) groups excluding carboxylic acids is 1. The minimum atomic E-state index is 0.343. The molecule has 0 saturated carbocycles. The Balaban J connectivity index is 3.60. The molecular weight excluding hydrogens is 140 g/mol. The Morgan fingerprint density at radius 1 is 1.45 bits per heavy atom. The van der Waals surface area contributed by atoms with E-state index in [1.54, 1.807) is 0 Å². The van der Waals surface area contributed by atoms with E-state index in [0.29, 0.717) is 11.3 Å². The Morgan fingerprint density at radius 3 is 2.36 bits per heavy atom. The maximum absolute atomic E-state index is 9.64. The molecule has 0 N–H and O–H groups in total. The fraction of sp³-hybridized carbons (Fsp3) is 0.889. The van der Waals surface area contributed by atoms with Gasteiger partial charge in [-0.2, -0.15) is 4.58 Å². The molecule has 0 spiro atoms. The number of rotatable bonds is 3. The van der Waals surface area contributed by atoms with Gasteiger partial charge in [-0.25, -0.2) is 0 Å². The summed E-state index contributed by atoms with van der Waals surface area (Å²) in [6.45, 7) is 8.71. The van der Waals surface area contributed by atoms with Crippen molar-refractivity contribution in [2.24, 2.45) is 11.3 Å². The zero-order valence-corrected chi connectivity index (χ0v) is 7.89. The molecule has 0 fully saturated rings. The average Bonchev–Trinajstić information content (AvgIpc) is 1.79. The van der Waals surface area contributed by atoms with Crippen LogP contribution in [-0.2, 0) is 4.58 Å². The second kappa shape index (κ2) is 4.37. The van der Waals surface area contributed by atoms with Gasteiger partial charge in [-0.3, -0.25) is 0 Å². The van der Waals surface area contributed by atoms with Crippen LogP contribution in [-0.4, -0.2) is 6.29 Å². The van der Waals surface area contributed by atoms with Gasteiger partial charge in [-0.15, -0.1) is 0 Å². The molecule has 0 radical (unpaired) electrons. The first kappa shape index (κ1) is 10.5. The lowest BCUT2D eigenvalue weighted by atomic mass is 9.84. The Labute approximate surface area is 68.9 Å². The topological polar surface area (TPSA) is 34.4 Å². The van der Waals surface area contributed by atoms with Crippen molar-refractivity contribution in [2.45, 2.75) is 40.5 Å². The first-order valence-electron chi connectivity index (χ1n) is 4.06. The fourth-order valence-electron chi connectivity index (χ4n) is 1.33. The molecule has 0 aliphatic heterocycles. The molecule has 0 bridgehead atoms. The summed E-state index contributed by atoms with van der Waals surface area (Å²) < 4.78 is 3.65. The van der Waals surface area contributed by atoms with E-state index in [2.05, 4.69) is 32.3 Å². The van der Waals surface area contributed by atoms with Gasteiger partial charge in [-0.05, 0) is 17.8 Å². The number of hydrogen-bond donors (Lipinski definition) is 0. The number of aldehydes is 1. The van der Waals surface area contributed by atoms with E-state index in [1.165, 1.54) is 6.29 Å². The van der Waals surface area contributed by atoms with Gasteiger partial charge in [0.15, 0.2) is 0 Å². The highest BCUT2D eigenvalue weighted by atomic mass is 17.1. The zero-order valence-electron chi connectivity index (χ0n) is 7.89. The molecule has 0 rings (SSSR count). The van der Waals surface area contributed by atoms with E-state index < -0.39 is 0 Å². The second-order valence-corrected chi connectivity index (χ2v) is 4.37. The van der Waals surface area contributed by atoms with Gasteiger partial charge in [0.1, 0.15) is 0 Å². The highest BCUT2D eigenvalue weighted by Gasteiger charge is 2.15. The summed E-state index contributed by atoms with van der Waals surface area (Å²) in [6.07, 6.45) is 3.20. The lowest BCUT2D eigenvalue weighted by Gasteiger charge is -2.21. The Hall–Kier alpha value is -0.530.